The van der Waals surface area contributed by atoms with Crippen molar-refractivity contribution in [3.8, 4) is 12.1 Å². The van der Waals surface area contributed by atoms with Crippen molar-refractivity contribution in [2.45, 2.75) is 62.9 Å². The van der Waals surface area contributed by atoms with Gasteiger partial charge in [-0.15, -0.1) is 0 Å². The van der Waals surface area contributed by atoms with Crippen molar-refractivity contribution < 1.29 is 4.74 Å². The number of nitrogens with zero attached hydrogens (tertiary/aromatic N) is 2. The van der Waals surface area contributed by atoms with Crippen molar-refractivity contribution in [1.82, 2.24) is 0 Å². The largest absolute Gasteiger partial charge is 0.374 e. The lowest BCUT2D eigenvalue weighted by molar-refractivity contribution is -0.0192. The van der Waals surface area contributed by atoms with E-state index < -0.39 is 0 Å². The van der Waals surface area contributed by atoms with E-state index in [1.54, 1.807) is 13.2 Å². The van der Waals surface area contributed by atoms with E-state index in [-0.39, 0.29) is 5.60 Å². The number of hydrogen-bond donors (Lipinski definition) is 0. The second-order valence-corrected chi connectivity index (χ2v) is 7.91. The van der Waals surface area contributed by atoms with E-state index in [0.29, 0.717) is 5.92 Å². The van der Waals surface area contributed by atoms with Gasteiger partial charge in [-0.2, -0.15) is 10.5 Å². The molecular weight excluding hydrogens is 320 g/mol. The highest BCUT2D eigenvalue weighted by atomic mass is 16.5. The molecule has 1 aromatic carbocycles. The molecule has 3 heteroatoms. The summed E-state index contributed by atoms with van der Waals surface area (Å²) in [6, 6.07) is 12.5. The minimum absolute atomic E-state index is 0.216. The van der Waals surface area contributed by atoms with Crippen LogP contribution in [0, 0.1) is 34.5 Å². The maximum Gasteiger partial charge on any atom is 0.0991 e. The molecule has 0 N–H and O–H groups in total. The number of hydrogen-bond acceptors (Lipinski definition) is 3. The predicted octanol–water partition coefficient (Wildman–Crippen LogP) is 5.49. The Morgan fingerprint density at radius 2 is 1.58 bits per heavy atom. The van der Waals surface area contributed by atoms with E-state index in [0.717, 1.165) is 30.2 Å². The van der Waals surface area contributed by atoms with Crippen LogP contribution in [0.25, 0.3) is 0 Å². The summed E-state index contributed by atoms with van der Waals surface area (Å²) >= 11 is 0. The molecule has 1 aromatic rings. The van der Waals surface area contributed by atoms with Gasteiger partial charge in [0.1, 0.15) is 0 Å². The van der Waals surface area contributed by atoms with Crippen LogP contribution in [0.4, 0.5) is 0 Å². The van der Waals surface area contributed by atoms with Gasteiger partial charge >= 0.3 is 0 Å². The zero-order valence-electron chi connectivity index (χ0n) is 15.7. The lowest BCUT2D eigenvalue weighted by Gasteiger charge is -2.41. The first-order valence-corrected chi connectivity index (χ1v) is 9.82. The predicted molar refractivity (Wildman–Crippen MR) is 102 cm³/mol. The average Bonchev–Trinajstić information content (AvgIpc) is 2.73. The Morgan fingerprint density at radius 3 is 2.12 bits per heavy atom. The molecule has 0 amide bonds. The van der Waals surface area contributed by atoms with E-state index in [4.69, 9.17) is 15.3 Å². The summed E-state index contributed by atoms with van der Waals surface area (Å²) in [5, 5.41) is 17.7. The number of ether oxygens (including phenoxy) is 1. The van der Waals surface area contributed by atoms with Gasteiger partial charge < -0.3 is 4.74 Å². The number of rotatable bonds is 4. The Labute approximate surface area is 157 Å². The molecule has 0 aliphatic heterocycles. The van der Waals surface area contributed by atoms with Crippen molar-refractivity contribution in [3.63, 3.8) is 0 Å². The molecule has 2 fully saturated rings. The Balaban J connectivity index is 1.52. The third kappa shape index (κ3) is 4.17. The lowest BCUT2D eigenvalue weighted by Crippen LogP contribution is -2.36. The van der Waals surface area contributed by atoms with Crippen molar-refractivity contribution in [3.05, 3.63) is 47.5 Å². The van der Waals surface area contributed by atoms with Gasteiger partial charge in [0.05, 0.1) is 23.3 Å². The van der Waals surface area contributed by atoms with Gasteiger partial charge in [0.15, 0.2) is 0 Å². The van der Waals surface area contributed by atoms with Gasteiger partial charge in [-0.25, -0.2) is 0 Å². The third-order valence-electron chi connectivity index (χ3n) is 6.69. The van der Waals surface area contributed by atoms with Crippen molar-refractivity contribution in [2.24, 2.45) is 11.8 Å². The van der Waals surface area contributed by atoms with Crippen LogP contribution < -0.4 is 0 Å². The second kappa shape index (κ2) is 8.52. The van der Waals surface area contributed by atoms with Gasteiger partial charge in [-0.3, -0.25) is 0 Å². The molecule has 26 heavy (non-hydrogen) atoms. The van der Waals surface area contributed by atoms with Crippen LogP contribution in [0.1, 0.15) is 68.4 Å². The fourth-order valence-corrected chi connectivity index (χ4v) is 4.98. The van der Waals surface area contributed by atoms with Gasteiger partial charge in [-0.1, -0.05) is 12.1 Å². The summed E-state index contributed by atoms with van der Waals surface area (Å²) in [7, 11) is 1.77. The van der Waals surface area contributed by atoms with Crippen molar-refractivity contribution >= 4 is 0 Å². The quantitative estimate of drug-likeness (QED) is 0.676. The Morgan fingerprint density at radius 1 is 0.962 bits per heavy atom. The topological polar surface area (TPSA) is 56.8 Å². The van der Waals surface area contributed by atoms with Gasteiger partial charge in [-0.05, 0) is 92.9 Å². The van der Waals surface area contributed by atoms with Crippen LogP contribution in [0.15, 0.2) is 36.4 Å². The smallest absolute Gasteiger partial charge is 0.0991 e. The average molecular weight is 348 g/mol. The van der Waals surface area contributed by atoms with Crippen molar-refractivity contribution in [1.29, 1.82) is 10.5 Å². The number of benzene rings is 1. The molecule has 136 valence electrons. The molecule has 0 spiro atoms. The van der Waals surface area contributed by atoms with Crippen LogP contribution in [-0.4, -0.2) is 12.7 Å². The summed E-state index contributed by atoms with van der Waals surface area (Å²) in [6.07, 6.45) is 13.1. The van der Waals surface area contributed by atoms with E-state index in [1.165, 1.54) is 44.1 Å². The molecule has 3 rings (SSSR count). The second-order valence-electron chi connectivity index (χ2n) is 7.91. The molecule has 2 aliphatic carbocycles. The summed E-state index contributed by atoms with van der Waals surface area (Å²) in [5.41, 5.74) is 1.93. The fraction of sp³-hybridized carbons (Fsp3) is 0.565. The molecule has 2 saturated carbocycles. The fourth-order valence-electron chi connectivity index (χ4n) is 4.98. The molecule has 0 saturated heterocycles. The standard InChI is InChI=1S/C23H28N2O/c1-26-23(13-2-16-24)14-11-22(12-15-23)21-9-7-20(8-10-21)19-5-3-18(17-25)4-6-19/h2-6,13,20-22H,7-12,14-15H2,1H3. The van der Waals surface area contributed by atoms with E-state index in [1.807, 2.05) is 18.2 Å². The highest BCUT2D eigenvalue weighted by molar-refractivity contribution is 5.33. The lowest BCUT2D eigenvalue weighted by atomic mass is 9.67. The normalized spacial score (nSPS) is 32.0. The third-order valence-corrected chi connectivity index (χ3v) is 6.69. The first-order chi connectivity index (χ1) is 12.7. The first-order valence-electron chi connectivity index (χ1n) is 9.82. The maximum atomic E-state index is 8.94. The van der Waals surface area contributed by atoms with Crippen LogP contribution >= 0.6 is 0 Å². The van der Waals surface area contributed by atoms with Crippen LogP contribution in [-0.2, 0) is 4.74 Å². The summed E-state index contributed by atoms with van der Waals surface area (Å²) in [5.74, 6) is 2.29. The highest BCUT2D eigenvalue weighted by Gasteiger charge is 2.37. The van der Waals surface area contributed by atoms with Crippen molar-refractivity contribution in [2.75, 3.05) is 7.11 Å². The monoisotopic (exact) mass is 348 g/mol. The number of allylic oxidation sites excluding steroid dienone is 1. The molecule has 0 aromatic heterocycles. The van der Waals surface area contributed by atoms with E-state index in [2.05, 4.69) is 24.3 Å². The number of nitriles is 2. The zero-order valence-corrected chi connectivity index (χ0v) is 15.7. The maximum absolute atomic E-state index is 8.94. The first kappa shape index (κ1) is 18.7. The number of methoxy groups -OCH3 is 1. The summed E-state index contributed by atoms with van der Waals surface area (Å²) in [6.45, 7) is 0. The summed E-state index contributed by atoms with van der Waals surface area (Å²) < 4.78 is 5.75. The van der Waals surface area contributed by atoms with Crippen LogP contribution in [0.3, 0.4) is 0 Å². The summed E-state index contributed by atoms with van der Waals surface area (Å²) in [4.78, 5) is 0. The molecule has 0 bridgehead atoms. The molecule has 0 heterocycles. The minimum Gasteiger partial charge on any atom is -0.374 e. The van der Waals surface area contributed by atoms with Gasteiger partial charge in [0.2, 0.25) is 0 Å². The molecule has 2 aliphatic rings. The Bertz CT molecular complexity index is 691. The van der Waals surface area contributed by atoms with E-state index in [9.17, 15) is 0 Å². The van der Waals surface area contributed by atoms with Gasteiger partial charge in [0.25, 0.3) is 0 Å². The SMILES string of the molecule is COC1(C=CC#N)CCC(C2CCC(c3ccc(C#N)cc3)CC2)CC1. The molecular formula is C23H28N2O. The molecule has 0 atom stereocenters. The Kier molecular flexibility index (Phi) is 6.12. The molecule has 0 unspecified atom stereocenters. The minimum atomic E-state index is -0.216. The van der Waals surface area contributed by atoms with Crippen LogP contribution in [0.2, 0.25) is 0 Å². The zero-order chi connectivity index (χ0) is 18.4. The van der Waals surface area contributed by atoms with Crippen LogP contribution in [0.5, 0.6) is 0 Å². The molecule has 3 nitrogen and oxygen atoms in total. The van der Waals surface area contributed by atoms with Gasteiger partial charge in [0, 0.05) is 13.2 Å². The van der Waals surface area contributed by atoms with E-state index >= 15 is 0 Å². The molecule has 0 radical (unpaired) electrons. The Hall–Kier alpha value is -2.10. The highest BCUT2D eigenvalue weighted by Crippen LogP contribution is 2.45.